The maximum atomic E-state index is 12.3. The van der Waals surface area contributed by atoms with Crippen LogP contribution in [-0.2, 0) is 9.84 Å². The van der Waals surface area contributed by atoms with Crippen LogP contribution in [0.1, 0.15) is 27.2 Å². The Kier molecular flexibility index (Phi) is 8.28. The van der Waals surface area contributed by atoms with E-state index in [2.05, 4.69) is 36.0 Å². The molecule has 1 aliphatic heterocycles. The van der Waals surface area contributed by atoms with E-state index in [1.807, 2.05) is 17.8 Å². The molecule has 0 saturated carbocycles. The third-order valence-corrected chi connectivity index (χ3v) is 7.76. The number of guanidine groups is 1. The zero-order valence-corrected chi connectivity index (χ0v) is 17.7. The molecule has 0 amide bonds. The van der Waals surface area contributed by atoms with Crippen molar-refractivity contribution in [3.05, 3.63) is 30.3 Å². The van der Waals surface area contributed by atoms with Gasteiger partial charge in [-0.05, 0) is 31.4 Å². The van der Waals surface area contributed by atoms with Crippen molar-refractivity contribution in [2.45, 2.75) is 37.3 Å². The van der Waals surface area contributed by atoms with Crippen molar-refractivity contribution < 1.29 is 8.42 Å². The van der Waals surface area contributed by atoms with Crippen molar-refractivity contribution in [2.24, 2.45) is 10.9 Å². The zero-order valence-electron chi connectivity index (χ0n) is 16.0. The van der Waals surface area contributed by atoms with Crippen LogP contribution in [-0.4, -0.2) is 62.2 Å². The smallest absolute Gasteiger partial charge is 0.193 e. The molecule has 1 aromatic carbocycles. The normalized spacial score (nSPS) is 19.0. The Hall–Kier alpha value is -1.21. The minimum atomic E-state index is -3.22. The molecule has 1 fully saturated rings. The second-order valence-electron chi connectivity index (χ2n) is 6.82. The molecule has 7 heteroatoms. The molecule has 1 saturated heterocycles. The Bertz CT molecular complexity index is 675. The maximum Gasteiger partial charge on any atom is 0.193 e. The fourth-order valence-electron chi connectivity index (χ4n) is 2.88. The van der Waals surface area contributed by atoms with E-state index in [4.69, 9.17) is 0 Å². The van der Waals surface area contributed by atoms with Gasteiger partial charge in [0.2, 0.25) is 0 Å². The van der Waals surface area contributed by atoms with Crippen molar-refractivity contribution in [1.82, 2.24) is 10.2 Å². The summed E-state index contributed by atoms with van der Waals surface area (Å²) in [5.74, 6) is 2.79. The van der Waals surface area contributed by atoms with Gasteiger partial charge in [0, 0.05) is 37.2 Å². The molecular formula is C19H31N3O2S2. The van der Waals surface area contributed by atoms with Crippen molar-refractivity contribution in [3.8, 4) is 0 Å². The minimum absolute atomic E-state index is 0.129. The van der Waals surface area contributed by atoms with Gasteiger partial charge in [0.25, 0.3) is 0 Å². The largest absolute Gasteiger partial charge is 0.357 e. The summed E-state index contributed by atoms with van der Waals surface area (Å²) < 4.78 is 24.7. The highest BCUT2D eigenvalue weighted by atomic mass is 32.2. The van der Waals surface area contributed by atoms with E-state index in [-0.39, 0.29) is 5.75 Å². The fourth-order valence-corrected chi connectivity index (χ4v) is 5.50. The number of sulfone groups is 1. The van der Waals surface area contributed by atoms with Crippen molar-refractivity contribution in [3.63, 3.8) is 0 Å². The monoisotopic (exact) mass is 397 g/mol. The molecule has 1 aliphatic rings. The molecule has 0 radical (unpaired) electrons. The lowest BCUT2D eigenvalue weighted by Gasteiger charge is -2.36. The van der Waals surface area contributed by atoms with Crippen LogP contribution in [0.3, 0.4) is 0 Å². The van der Waals surface area contributed by atoms with Gasteiger partial charge in [-0.1, -0.05) is 32.0 Å². The maximum absolute atomic E-state index is 12.3. The predicted molar refractivity (Wildman–Crippen MR) is 112 cm³/mol. The van der Waals surface area contributed by atoms with Crippen LogP contribution in [0, 0.1) is 5.92 Å². The molecule has 1 aromatic rings. The molecule has 5 nitrogen and oxygen atoms in total. The first-order valence-corrected chi connectivity index (χ1v) is 12.1. The van der Waals surface area contributed by atoms with Crippen LogP contribution in [0.2, 0.25) is 0 Å². The second-order valence-corrected chi connectivity index (χ2v) is 10.3. The first-order valence-electron chi connectivity index (χ1n) is 9.36. The van der Waals surface area contributed by atoms with E-state index in [0.29, 0.717) is 29.0 Å². The standard InChI is InChI=1S/C19H31N3O2S2/c1-4-20-19(22-12-13-25-18(15-22)16(2)3)21-11-8-14-26(23,24)17-9-6-5-7-10-17/h5-7,9-10,16,18H,4,8,11-15H2,1-3H3,(H,20,21). The minimum Gasteiger partial charge on any atom is -0.357 e. The van der Waals surface area contributed by atoms with E-state index in [0.717, 1.165) is 31.3 Å². The van der Waals surface area contributed by atoms with Gasteiger partial charge in [-0.2, -0.15) is 11.8 Å². The van der Waals surface area contributed by atoms with Gasteiger partial charge >= 0.3 is 0 Å². The van der Waals surface area contributed by atoms with Crippen LogP contribution in [0.25, 0.3) is 0 Å². The first-order chi connectivity index (χ1) is 12.4. The van der Waals surface area contributed by atoms with E-state index >= 15 is 0 Å². The summed E-state index contributed by atoms with van der Waals surface area (Å²) in [6, 6.07) is 8.65. The molecule has 0 aliphatic carbocycles. The molecule has 146 valence electrons. The number of benzene rings is 1. The molecule has 26 heavy (non-hydrogen) atoms. The lowest BCUT2D eigenvalue weighted by Crippen LogP contribution is -2.49. The third-order valence-electron chi connectivity index (χ3n) is 4.41. The highest BCUT2D eigenvalue weighted by Crippen LogP contribution is 2.24. The predicted octanol–water partition coefficient (Wildman–Crippen LogP) is 2.89. The quantitative estimate of drug-likeness (QED) is 0.435. The summed E-state index contributed by atoms with van der Waals surface area (Å²) in [6.45, 7) is 9.91. The number of hydrogen-bond donors (Lipinski definition) is 1. The molecule has 0 bridgehead atoms. The summed E-state index contributed by atoms with van der Waals surface area (Å²) in [5, 5.41) is 3.98. The Morgan fingerprint density at radius 3 is 2.73 bits per heavy atom. The number of rotatable bonds is 7. The van der Waals surface area contributed by atoms with Crippen molar-refractivity contribution >= 4 is 27.6 Å². The summed E-state index contributed by atoms with van der Waals surface area (Å²) in [4.78, 5) is 7.39. The van der Waals surface area contributed by atoms with Crippen LogP contribution in [0.5, 0.6) is 0 Å². The fraction of sp³-hybridized carbons (Fsp3) is 0.632. The van der Waals surface area contributed by atoms with Gasteiger partial charge < -0.3 is 10.2 Å². The Balaban J connectivity index is 1.93. The number of aliphatic imine (C=N–C) groups is 1. The molecule has 0 spiro atoms. The summed E-state index contributed by atoms with van der Waals surface area (Å²) in [5.41, 5.74) is 0. The number of nitrogens with one attached hydrogen (secondary N) is 1. The summed E-state index contributed by atoms with van der Waals surface area (Å²) >= 11 is 2.04. The lowest BCUT2D eigenvalue weighted by molar-refractivity contribution is 0.381. The average Bonchev–Trinajstić information content (AvgIpc) is 2.65. The number of thioether (sulfide) groups is 1. The van der Waals surface area contributed by atoms with Gasteiger partial charge in [-0.3, -0.25) is 4.99 Å². The number of hydrogen-bond acceptors (Lipinski definition) is 4. The van der Waals surface area contributed by atoms with E-state index < -0.39 is 9.84 Å². The van der Waals surface area contributed by atoms with E-state index in [1.165, 1.54) is 0 Å². The summed E-state index contributed by atoms with van der Waals surface area (Å²) in [6.07, 6.45) is 0.530. The van der Waals surface area contributed by atoms with Gasteiger partial charge in [-0.15, -0.1) is 0 Å². The Morgan fingerprint density at radius 2 is 2.08 bits per heavy atom. The van der Waals surface area contributed by atoms with Crippen LogP contribution < -0.4 is 5.32 Å². The third kappa shape index (κ3) is 6.20. The van der Waals surface area contributed by atoms with Crippen molar-refractivity contribution in [1.29, 1.82) is 0 Å². The topological polar surface area (TPSA) is 61.8 Å². The zero-order chi connectivity index (χ0) is 19.0. The van der Waals surface area contributed by atoms with Gasteiger partial charge in [0.05, 0.1) is 10.6 Å². The van der Waals surface area contributed by atoms with Crippen LogP contribution >= 0.6 is 11.8 Å². The van der Waals surface area contributed by atoms with Crippen molar-refractivity contribution in [2.75, 3.05) is 37.7 Å². The Morgan fingerprint density at radius 1 is 1.35 bits per heavy atom. The second kappa shape index (κ2) is 10.2. The van der Waals surface area contributed by atoms with Crippen LogP contribution in [0.15, 0.2) is 40.2 Å². The molecule has 1 heterocycles. The molecule has 2 rings (SSSR count). The molecule has 1 N–H and O–H groups in total. The van der Waals surface area contributed by atoms with E-state index in [1.54, 1.807) is 24.3 Å². The molecule has 1 unspecified atom stereocenters. The highest BCUT2D eigenvalue weighted by Gasteiger charge is 2.24. The summed E-state index contributed by atoms with van der Waals surface area (Å²) in [7, 11) is -3.22. The molecular weight excluding hydrogens is 366 g/mol. The first kappa shape index (κ1) is 21.1. The SMILES string of the molecule is CCNC(=NCCCS(=O)(=O)c1ccccc1)N1CCSC(C(C)C)C1. The Labute approximate surface area is 162 Å². The molecule has 0 aromatic heterocycles. The van der Waals surface area contributed by atoms with Crippen LogP contribution in [0.4, 0.5) is 0 Å². The van der Waals surface area contributed by atoms with Gasteiger partial charge in [0.15, 0.2) is 15.8 Å². The highest BCUT2D eigenvalue weighted by molar-refractivity contribution is 8.00. The van der Waals surface area contributed by atoms with Gasteiger partial charge in [0.1, 0.15) is 0 Å². The lowest BCUT2D eigenvalue weighted by atomic mass is 10.1. The van der Waals surface area contributed by atoms with Gasteiger partial charge in [-0.25, -0.2) is 8.42 Å². The average molecular weight is 398 g/mol. The van der Waals surface area contributed by atoms with E-state index in [9.17, 15) is 8.42 Å². The molecule has 1 atom stereocenters. The number of nitrogens with zero attached hydrogens (tertiary/aromatic N) is 2.